The number of aryl methyl sites for hydroxylation is 1. The summed E-state index contributed by atoms with van der Waals surface area (Å²) in [5.41, 5.74) is 1.58. The average Bonchev–Trinajstić information content (AvgIpc) is 2.33. The molecule has 1 nitrogen and oxygen atoms in total. The van der Waals surface area contributed by atoms with Crippen LogP contribution in [0.5, 0.6) is 0 Å². The zero-order chi connectivity index (χ0) is 14.0. The maximum absolute atomic E-state index is 13.1. The van der Waals surface area contributed by atoms with Gasteiger partial charge in [0.1, 0.15) is 5.82 Å². The fourth-order valence-electron chi connectivity index (χ4n) is 2.53. The molecule has 0 aromatic heterocycles. The van der Waals surface area contributed by atoms with E-state index in [0.717, 1.165) is 5.56 Å². The highest BCUT2D eigenvalue weighted by Crippen LogP contribution is 2.38. The lowest BCUT2D eigenvalue weighted by Crippen LogP contribution is -2.32. The predicted molar refractivity (Wildman–Crippen MR) is 66.6 cm³/mol. The van der Waals surface area contributed by atoms with Crippen LogP contribution in [-0.4, -0.2) is 12.2 Å². The zero-order valence-corrected chi connectivity index (χ0v) is 10.7. The van der Waals surface area contributed by atoms with Gasteiger partial charge in [-0.1, -0.05) is 6.07 Å². The third kappa shape index (κ3) is 3.61. The highest BCUT2D eigenvalue weighted by Gasteiger charge is 2.41. The van der Waals surface area contributed by atoms with Crippen molar-refractivity contribution in [1.29, 1.82) is 0 Å². The Bertz CT molecular complexity index is 434. The molecule has 1 aliphatic rings. The van der Waals surface area contributed by atoms with Gasteiger partial charge < -0.3 is 5.32 Å². The summed E-state index contributed by atoms with van der Waals surface area (Å²) in [6.07, 6.45) is -2.84. The Balaban J connectivity index is 1.94. The van der Waals surface area contributed by atoms with Gasteiger partial charge in [0.05, 0.1) is 5.92 Å². The summed E-state index contributed by atoms with van der Waals surface area (Å²) in [4.78, 5) is 0. The van der Waals surface area contributed by atoms with Gasteiger partial charge in [0, 0.05) is 11.7 Å². The molecule has 19 heavy (non-hydrogen) atoms. The van der Waals surface area contributed by atoms with Crippen LogP contribution in [-0.2, 0) is 0 Å². The molecule has 1 aromatic carbocycles. The second kappa shape index (κ2) is 5.39. The Kier molecular flexibility index (Phi) is 4.02. The lowest BCUT2D eigenvalue weighted by molar-refractivity contribution is -0.182. The third-order valence-corrected chi connectivity index (χ3v) is 3.75. The molecule has 0 atom stereocenters. The first-order valence-electron chi connectivity index (χ1n) is 6.45. The van der Waals surface area contributed by atoms with E-state index >= 15 is 0 Å². The second-order valence-corrected chi connectivity index (χ2v) is 5.19. The first-order valence-corrected chi connectivity index (χ1v) is 6.45. The van der Waals surface area contributed by atoms with Gasteiger partial charge in [0.15, 0.2) is 0 Å². The smallest absolute Gasteiger partial charge is 0.382 e. The summed E-state index contributed by atoms with van der Waals surface area (Å²) in [5, 5.41) is 3.15. The molecule has 0 aliphatic heterocycles. The minimum atomic E-state index is -4.08. The largest absolute Gasteiger partial charge is 0.391 e. The fourth-order valence-corrected chi connectivity index (χ4v) is 2.53. The average molecular weight is 275 g/mol. The molecule has 0 spiro atoms. The second-order valence-electron chi connectivity index (χ2n) is 5.19. The van der Waals surface area contributed by atoms with Crippen molar-refractivity contribution < 1.29 is 17.6 Å². The molecule has 0 radical (unpaired) electrons. The van der Waals surface area contributed by atoms with E-state index in [-0.39, 0.29) is 24.7 Å². The number of rotatable bonds is 2. The van der Waals surface area contributed by atoms with Crippen molar-refractivity contribution in [2.24, 2.45) is 5.92 Å². The van der Waals surface area contributed by atoms with E-state index in [1.807, 2.05) is 6.92 Å². The van der Waals surface area contributed by atoms with Crippen molar-refractivity contribution in [2.45, 2.75) is 44.8 Å². The molecule has 0 amide bonds. The van der Waals surface area contributed by atoms with E-state index < -0.39 is 12.1 Å². The van der Waals surface area contributed by atoms with Crippen molar-refractivity contribution in [1.82, 2.24) is 0 Å². The van der Waals surface area contributed by atoms with Crippen molar-refractivity contribution >= 4 is 5.69 Å². The van der Waals surface area contributed by atoms with E-state index in [2.05, 4.69) is 5.32 Å². The molecule has 0 bridgehead atoms. The first kappa shape index (κ1) is 14.2. The number of hydrogen-bond acceptors (Lipinski definition) is 1. The molecule has 0 saturated heterocycles. The summed E-state index contributed by atoms with van der Waals surface area (Å²) in [6.45, 7) is 1.85. The van der Waals surface area contributed by atoms with E-state index in [1.165, 1.54) is 12.1 Å². The van der Waals surface area contributed by atoms with Crippen LogP contribution in [0.25, 0.3) is 0 Å². The molecular weight excluding hydrogens is 258 g/mol. The fraction of sp³-hybridized carbons (Fsp3) is 0.571. The van der Waals surface area contributed by atoms with Crippen LogP contribution in [0.3, 0.4) is 0 Å². The summed E-state index contributed by atoms with van der Waals surface area (Å²) in [6, 6.07) is 4.43. The Hall–Kier alpha value is -1.26. The Morgan fingerprint density at radius 2 is 1.74 bits per heavy atom. The number of alkyl halides is 3. The molecule has 5 heteroatoms. The highest BCUT2D eigenvalue weighted by molar-refractivity contribution is 5.51. The standard InChI is InChI=1S/C14H17F4N/c1-9-2-5-11(15)8-13(9)19-12-6-3-10(4-7-12)14(16,17)18/h2,5,8,10,12,19H,3-4,6-7H2,1H3. The Labute approximate surface area is 110 Å². The van der Waals surface area contributed by atoms with Crippen LogP contribution in [0.15, 0.2) is 18.2 Å². The van der Waals surface area contributed by atoms with Crippen molar-refractivity contribution in [3.05, 3.63) is 29.6 Å². The summed E-state index contributed by atoms with van der Waals surface area (Å²) in [7, 11) is 0. The quantitative estimate of drug-likeness (QED) is 0.773. The van der Waals surface area contributed by atoms with Crippen LogP contribution >= 0.6 is 0 Å². The zero-order valence-electron chi connectivity index (χ0n) is 10.7. The molecule has 1 aliphatic carbocycles. The van der Waals surface area contributed by atoms with Gasteiger partial charge in [0.2, 0.25) is 0 Å². The molecule has 0 unspecified atom stereocenters. The van der Waals surface area contributed by atoms with Gasteiger partial charge in [0.25, 0.3) is 0 Å². The number of anilines is 1. The molecule has 1 N–H and O–H groups in total. The molecule has 2 rings (SSSR count). The summed E-state index contributed by atoms with van der Waals surface area (Å²) in [5.74, 6) is -1.52. The van der Waals surface area contributed by atoms with Crippen LogP contribution in [0.2, 0.25) is 0 Å². The number of halogens is 4. The maximum atomic E-state index is 13.1. The lowest BCUT2D eigenvalue weighted by Gasteiger charge is -2.31. The van der Waals surface area contributed by atoms with Crippen LogP contribution in [0, 0.1) is 18.7 Å². The van der Waals surface area contributed by atoms with Gasteiger partial charge in [-0.3, -0.25) is 0 Å². The molecule has 1 fully saturated rings. The number of nitrogens with one attached hydrogen (secondary N) is 1. The Morgan fingerprint density at radius 3 is 2.32 bits per heavy atom. The monoisotopic (exact) mass is 275 g/mol. The van der Waals surface area contributed by atoms with E-state index in [0.29, 0.717) is 18.5 Å². The van der Waals surface area contributed by atoms with Crippen molar-refractivity contribution in [2.75, 3.05) is 5.32 Å². The van der Waals surface area contributed by atoms with Gasteiger partial charge in [-0.05, 0) is 50.3 Å². The van der Waals surface area contributed by atoms with Crippen LogP contribution < -0.4 is 5.32 Å². The summed E-state index contributed by atoms with van der Waals surface area (Å²) >= 11 is 0. The van der Waals surface area contributed by atoms with Crippen LogP contribution in [0.1, 0.15) is 31.2 Å². The van der Waals surface area contributed by atoms with E-state index in [9.17, 15) is 17.6 Å². The molecular formula is C14H17F4N. The first-order chi connectivity index (χ1) is 8.86. The highest BCUT2D eigenvalue weighted by atomic mass is 19.4. The number of hydrogen-bond donors (Lipinski definition) is 1. The number of benzene rings is 1. The van der Waals surface area contributed by atoms with Gasteiger partial charge >= 0.3 is 6.18 Å². The van der Waals surface area contributed by atoms with Gasteiger partial charge in [-0.25, -0.2) is 4.39 Å². The minimum absolute atomic E-state index is 0.000833. The topological polar surface area (TPSA) is 12.0 Å². The predicted octanol–water partition coefficient (Wildman–Crippen LogP) is 4.67. The van der Waals surface area contributed by atoms with Gasteiger partial charge in [-0.2, -0.15) is 13.2 Å². The van der Waals surface area contributed by atoms with Gasteiger partial charge in [-0.15, -0.1) is 0 Å². The van der Waals surface area contributed by atoms with E-state index in [4.69, 9.17) is 0 Å². The Morgan fingerprint density at radius 1 is 1.11 bits per heavy atom. The minimum Gasteiger partial charge on any atom is -0.382 e. The molecule has 1 saturated carbocycles. The summed E-state index contributed by atoms with van der Waals surface area (Å²) < 4.78 is 50.8. The van der Waals surface area contributed by atoms with E-state index in [1.54, 1.807) is 6.07 Å². The van der Waals surface area contributed by atoms with Crippen LogP contribution in [0.4, 0.5) is 23.2 Å². The maximum Gasteiger partial charge on any atom is 0.391 e. The SMILES string of the molecule is Cc1ccc(F)cc1NC1CCC(C(F)(F)F)CC1. The van der Waals surface area contributed by atoms with Crippen molar-refractivity contribution in [3.8, 4) is 0 Å². The molecule has 1 aromatic rings. The third-order valence-electron chi connectivity index (χ3n) is 3.75. The van der Waals surface area contributed by atoms with Crippen molar-refractivity contribution in [3.63, 3.8) is 0 Å². The lowest BCUT2D eigenvalue weighted by atomic mass is 9.85. The normalized spacial score (nSPS) is 24.3. The molecule has 106 valence electrons. The molecule has 0 heterocycles.